The number of aryl methyl sites for hydroxylation is 2. The lowest BCUT2D eigenvalue weighted by Crippen LogP contribution is -2.42. The normalized spacial score (nSPS) is 14.9. The van der Waals surface area contributed by atoms with E-state index in [9.17, 15) is 9.59 Å². The summed E-state index contributed by atoms with van der Waals surface area (Å²) in [6, 6.07) is 0. The number of hydrogen-bond acceptors (Lipinski definition) is 5. The van der Waals surface area contributed by atoms with Crippen molar-refractivity contribution >= 4 is 28.3 Å². The lowest BCUT2D eigenvalue weighted by Gasteiger charge is -2.25. The third-order valence-electron chi connectivity index (χ3n) is 4.66. The highest BCUT2D eigenvalue weighted by atomic mass is 32.1. The van der Waals surface area contributed by atoms with E-state index in [1.807, 2.05) is 27.9 Å². The number of thiazole rings is 1. The van der Waals surface area contributed by atoms with E-state index >= 15 is 0 Å². The van der Waals surface area contributed by atoms with Crippen LogP contribution in [0.5, 0.6) is 0 Å². The van der Waals surface area contributed by atoms with Crippen LogP contribution >= 0.6 is 11.3 Å². The molecule has 1 aliphatic rings. The first-order chi connectivity index (χ1) is 11.9. The van der Waals surface area contributed by atoms with Gasteiger partial charge in [0.15, 0.2) is 5.13 Å². The van der Waals surface area contributed by atoms with Crippen LogP contribution in [0, 0.1) is 19.8 Å². The number of hydrogen-bond donors (Lipinski definition) is 1. The Balaban J connectivity index is 1.95. The van der Waals surface area contributed by atoms with Crippen LogP contribution in [0.15, 0.2) is 0 Å². The van der Waals surface area contributed by atoms with Crippen molar-refractivity contribution in [3.63, 3.8) is 0 Å². The molecule has 2 rings (SSSR count). The summed E-state index contributed by atoms with van der Waals surface area (Å²) in [6.45, 7) is 5.55. The smallest absolute Gasteiger partial charge is 0.245 e. The van der Waals surface area contributed by atoms with E-state index in [1.54, 1.807) is 4.90 Å². The second kappa shape index (κ2) is 9.29. The molecule has 7 heteroatoms. The molecule has 1 fully saturated rings. The standard InChI is InChI=1S/C18H30N4O2S/c1-13-14(2)25-18(19-13)20-16(23)12-22(11-7-10-21(3)4)17(24)15-8-5-6-9-15/h15H,5-12H2,1-4H3,(H,19,20,23). The molecule has 0 bridgehead atoms. The Labute approximate surface area is 154 Å². The fraction of sp³-hybridized carbons (Fsp3) is 0.722. The average Bonchev–Trinajstić information content (AvgIpc) is 3.16. The number of rotatable bonds is 8. The predicted molar refractivity (Wildman–Crippen MR) is 102 cm³/mol. The average molecular weight is 367 g/mol. The SMILES string of the molecule is Cc1nc(NC(=O)CN(CCCN(C)C)C(=O)C2CCCC2)sc1C. The van der Waals surface area contributed by atoms with Gasteiger partial charge in [0.2, 0.25) is 11.8 Å². The number of carbonyl (C=O) groups excluding carboxylic acids is 2. The minimum atomic E-state index is -0.162. The van der Waals surface area contributed by atoms with Crippen molar-refractivity contribution in [2.75, 3.05) is 39.0 Å². The zero-order valence-electron chi connectivity index (χ0n) is 15.8. The van der Waals surface area contributed by atoms with E-state index in [4.69, 9.17) is 0 Å². The fourth-order valence-corrected chi connectivity index (χ4v) is 3.97. The second-order valence-corrected chi connectivity index (χ2v) is 8.31. The minimum Gasteiger partial charge on any atom is -0.333 e. The highest BCUT2D eigenvalue weighted by Crippen LogP contribution is 2.27. The van der Waals surface area contributed by atoms with E-state index < -0.39 is 0 Å². The Morgan fingerprint density at radius 3 is 2.44 bits per heavy atom. The summed E-state index contributed by atoms with van der Waals surface area (Å²) in [7, 11) is 4.03. The van der Waals surface area contributed by atoms with Gasteiger partial charge in [-0.1, -0.05) is 12.8 Å². The first-order valence-electron chi connectivity index (χ1n) is 9.04. The zero-order chi connectivity index (χ0) is 18.4. The lowest BCUT2D eigenvalue weighted by atomic mass is 10.1. The summed E-state index contributed by atoms with van der Waals surface area (Å²) in [4.78, 5) is 34.5. The van der Waals surface area contributed by atoms with Crippen LogP contribution in [0.25, 0.3) is 0 Å². The maximum absolute atomic E-state index is 12.8. The number of nitrogens with one attached hydrogen (secondary N) is 1. The van der Waals surface area contributed by atoms with Crippen molar-refractivity contribution in [2.45, 2.75) is 46.0 Å². The summed E-state index contributed by atoms with van der Waals surface area (Å²) in [6.07, 6.45) is 5.01. The molecule has 140 valence electrons. The van der Waals surface area contributed by atoms with Crippen LogP contribution in [-0.4, -0.2) is 60.3 Å². The van der Waals surface area contributed by atoms with Crippen molar-refractivity contribution in [3.8, 4) is 0 Å². The molecule has 1 aromatic rings. The molecule has 6 nitrogen and oxygen atoms in total. The summed E-state index contributed by atoms with van der Waals surface area (Å²) in [5.74, 6) is 0.0689. The van der Waals surface area contributed by atoms with Gasteiger partial charge in [-0.2, -0.15) is 0 Å². The van der Waals surface area contributed by atoms with Gasteiger partial charge in [0.1, 0.15) is 0 Å². The molecule has 1 aromatic heterocycles. The molecular formula is C18H30N4O2S. The maximum atomic E-state index is 12.8. The van der Waals surface area contributed by atoms with Crippen LogP contribution in [0.2, 0.25) is 0 Å². The molecule has 0 aliphatic heterocycles. The van der Waals surface area contributed by atoms with Crippen LogP contribution in [-0.2, 0) is 9.59 Å². The maximum Gasteiger partial charge on any atom is 0.245 e. The molecule has 1 N–H and O–H groups in total. The molecule has 2 amide bonds. The van der Waals surface area contributed by atoms with Gasteiger partial charge in [0.25, 0.3) is 0 Å². The molecule has 0 aromatic carbocycles. The molecular weight excluding hydrogens is 336 g/mol. The molecule has 1 saturated carbocycles. The van der Waals surface area contributed by atoms with Crippen molar-refractivity contribution in [2.24, 2.45) is 5.92 Å². The summed E-state index contributed by atoms with van der Waals surface area (Å²) >= 11 is 1.47. The Hall–Kier alpha value is -1.47. The fourth-order valence-electron chi connectivity index (χ4n) is 3.13. The Bertz CT molecular complexity index is 574. The molecule has 0 unspecified atom stereocenters. The van der Waals surface area contributed by atoms with E-state index in [1.165, 1.54) is 11.3 Å². The predicted octanol–water partition coefficient (Wildman–Crippen LogP) is 2.67. The molecule has 0 radical (unpaired) electrons. The number of amides is 2. The third kappa shape index (κ3) is 6.08. The highest BCUT2D eigenvalue weighted by Gasteiger charge is 2.28. The van der Waals surface area contributed by atoms with Crippen molar-refractivity contribution in [1.29, 1.82) is 0 Å². The minimum absolute atomic E-state index is 0.0940. The van der Waals surface area contributed by atoms with Gasteiger partial charge in [0.05, 0.1) is 12.2 Å². The molecule has 0 atom stereocenters. The molecule has 0 saturated heterocycles. The van der Waals surface area contributed by atoms with E-state index in [0.717, 1.165) is 49.2 Å². The van der Waals surface area contributed by atoms with Crippen LogP contribution in [0.4, 0.5) is 5.13 Å². The second-order valence-electron chi connectivity index (χ2n) is 7.11. The molecule has 0 spiro atoms. The van der Waals surface area contributed by atoms with E-state index in [-0.39, 0.29) is 24.3 Å². The van der Waals surface area contributed by atoms with Gasteiger partial charge < -0.3 is 15.1 Å². The van der Waals surface area contributed by atoms with E-state index in [0.29, 0.717) is 11.7 Å². The number of aromatic nitrogens is 1. The van der Waals surface area contributed by atoms with Gasteiger partial charge in [-0.05, 0) is 53.8 Å². The highest BCUT2D eigenvalue weighted by molar-refractivity contribution is 7.15. The van der Waals surface area contributed by atoms with Gasteiger partial charge >= 0.3 is 0 Å². The largest absolute Gasteiger partial charge is 0.333 e. The first kappa shape index (κ1) is 19.8. The summed E-state index contributed by atoms with van der Waals surface area (Å²) in [5.41, 5.74) is 0.935. The van der Waals surface area contributed by atoms with Gasteiger partial charge in [-0.15, -0.1) is 11.3 Å². The Morgan fingerprint density at radius 2 is 1.88 bits per heavy atom. The quantitative estimate of drug-likeness (QED) is 0.768. The van der Waals surface area contributed by atoms with Crippen LogP contribution in [0.1, 0.15) is 42.7 Å². The van der Waals surface area contributed by atoms with Crippen molar-refractivity contribution in [1.82, 2.24) is 14.8 Å². The number of anilines is 1. The Morgan fingerprint density at radius 1 is 1.20 bits per heavy atom. The zero-order valence-corrected chi connectivity index (χ0v) is 16.6. The molecule has 1 aliphatic carbocycles. The molecule has 25 heavy (non-hydrogen) atoms. The van der Waals surface area contributed by atoms with Crippen molar-refractivity contribution in [3.05, 3.63) is 10.6 Å². The molecule has 1 heterocycles. The third-order valence-corrected chi connectivity index (χ3v) is 5.65. The Kier molecular flexibility index (Phi) is 7.38. The van der Waals surface area contributed by atoms with Crippen LogP contribution < -0.4 is 5.32 Å². The van der Waals surface area contributed by atoms with Gasteiger partial charge in [-0.3, -0.25) is 9.59 Å². The monoisotopic (exact) mass is 366 g/mol. The number of carbonyl (C=O) groups is 2. The summed E-state index contributed by atoms with van der Waals surface area (Å²) < 4.78 is 0. The topological polar surface area (TPSA) is 65.5 Å². The van der Waals surface area contributed by atoms with Gasteiger partial charge in [0, 0.05) is 17.3 Å². The summed E-state index contributed by atoms with van der Waals surface area (Å²) in [5, 5.41) is 3.46. The number of nitrogens with zero attached hydrogens (tertiary/aromatic N) is 3. The van der Waals surface area contributed by atoms with E-state index in [2.05, 4.69) is 15.2 Å². The van der Waals surface area contributed by atoms with Gasteiger partial charge in [-0.25, -0.2) is 4.98 Å². The van der Waals surface area contributed by atoms with Crippen molar-refractivity contribution < 1.29 is 9.59 Å². The van der Waals surface area contributed by atoms with Crippen LogP contribution in [0.3, 0.4) is 0 Å². The lowest BCUT2D eigenvalue weighted by molar-refractivity contribution is -0.138. The first-order valence-corrected chi connectivity index (χ1v) is 9.86.